The van der Waals surface area contributed by atoms with Gasteiger partial charge in [-0.05, 0) is 6.92 Å². The lowest BCUT2D eigenvalue weighted by Gasteiger charge is -1.93. The summed E-state index contributed by atoms with van der Waals surface area (Å²) in [5.74, 6) is -0.212. The maximum atomic E-state index is 10.6. The van der Waals surface area contributed by atoms with Crippen LogP contribution in [0.1, 0.15) is 6.92 Å². The fourth-order valence-electron chi connectivity index (χ4n) is 0.360. The van der Waals surface area contributed by atoms with Crippen molar-refractivity contribution < 1.29 is 4.79 Å². The van der Waals surface area contributed by atoms with E-state index in [0.29, 0.717) is 5.57 Å². The van der Waals surface area contributed by atoms with Gasteiger partial charge in [-0.15, -0.1) is 0 Å². The standard InChI is InChI=1S/C6H8N2O/c1-5(3-4-7)6(9)8-2/h3H,1-2H3,(H,8,9)/b5-3+. The summed E-state index contributed by atoms with van der Waals surface area (Å²) in [7, 11) is 1.52. The molecule has 0 bridgehead atoms. The number of carbonyl (C=O) groups excluding carboxylic acids is 1. The van der Waals surface area contributed by atoms with Crippen LogP contribution in [0.5, 0.6) is 0 Å². The molecule has 3 heteroatoms. The summed E-state index contributed by atoms with van der Waals surface area (Å²) in [5.41, 5.74) is 0.431. The number of likely N-dealkylation sites (N-methyl/N-ethyl adjacent to an activating group) is 1. The summed E-state index contributed by atoms with van der Waals surface area (Å²) in [4.78, 5) is 10.6. The van der Waals surface area contributed by atoms with Crippen LogP contribution in [0.4, 0.5) is 0 Å². The SMILES string of the molecule is CNC(=O)/C(C)=C/C#N. The van der Waals surface area contributed by atoms with E-state index in [-0.39, 0.29) is 5.91 Å². The van der Waals surface area contributed by atoms with Gasteiger partial charge in [0.25, 0.3) is 0 Å². The first-order valence-corrected chi connectivity index (χ1v) is 2.51. The van der Waals surface area contributed by atoms with Gasteiger partial charge in [0.15, 0.2) is 0 Å². The second-order valence-electron chi connectivity index (χ2n) is 1.54. The molecule has 48 valence electrons. The zero-order valence-corrected chi connectivity index (χ0v) is 5.43. The van der Waals surface area contributed by atoms with Gasteiger partial charge in [0.05, 0.1) is 6.07 Å². The molecule has 0 aromatic carbocycles. The fraction of sp³-hybridized carbons (Fsp3) is 0.333. The van der Waals surface area contributed by atoms with Crippen LogP contribution in [0.15, 0.2) is 11.6 Å². The molecule has 1 amide bonds. The number of hydrogen-bond acceptors (Lipinski definition) is 2. The summed E-state index contributed by atoms with van der Waals surface area (Å²) >= 11 is 0. The highest BCUT2D eigenvalue weighted by Gasteiger charge is 1.97. The molecule has 0 fully saturated rings. The lowest BCUT2D eigenvalue weighted by atomic mass is 10.3. The number of rotatable bonds is 1. The average molecular weight is 124 g/mol. The molecule has 3 nitrogen and oxygen atoms in total. The van der Waals surface area contributed by atoms with E-state index in [0.717, 1.165) is 0 Å². The van der Waals surface area contributed by atoms with Gasteiger partial charge < -0.3 is 5.32 Å². The third-order valence-electron chi connectivity index (χ3n) is 0.866. The Morgan fingerprint density at radius 3 is 2.67 bits per heavy atom. The van der Waals surface area contributed by atoms with Crippen LogP contribution >= 0.6 is 0 Å². The number of nitriles is 1. The van der Waals surface area contributed by atoms with E-state index in [1.807, 2.05) is 0 Å². The molecule has 0 heterocycles. The van der Waals surface area contributed by atoms with E-state index >= 15 is 0 Å². The van der Waals surface area contributed by atoms with Crippen molar-refractivity contribution in [3.05, 3.63) is 11.6 Å². The van der Waals surface area contributed by atoms with Gasteiger partial charge in [0.2, 0.25) is 5.91 Å². The van der Waals surface area contributed by atoms with Crippen molar-refractivity contribution in [2.45, 2.75) is 6.92 Å². The minimum Gasteiger partial charge on any atom is -0.355 e. The van der Waals surface area contributed by atoms with E-state index < -0.39 is 0 Å². The van der Waals surface area contributed by atoms with Crippen molar-refractivity contribution >= 4 is 5.91 Å². The van der Waals surface area contributed by atoms with Crippen LogP contribution in [0, 0.1) is 11.3 Å². The van der Waals surface area contributed by atoms with Crippen molar-refractivity contribution in [1.29, 1.82) is 5.26 Å². The predicted molar refractivity (Wildman–Crippen MR) is 33.4 cm³/mol. The minimum atomic E-state index is -0.212. The van der Waals surface area contributed by atoms with Gasteiger partial charge in [-0.2, -0.15) is 5.26 Å². The summed E-state index contributed by atoms with van der Waals surface area (Å²) in [6.45, 7) is 1.59. The smallest absolute Gasteiger partial charge is 0.247 e. The predicted octanol–water partition coefficient (Wildman–Crippen LogP) is 0.202. The van der Waals surface area contributed by atoms with E-state index in [2.05, 4.69) is 5.32 Å². The molecule has 0 aromatic heterocycles. The van der Waals surface area contributed by atoms with E-state index in [9.17, 15) is 4.79 Å². The highest BCUT2D eigenvalue weighted by molar-refractivity contribution is 5.92. The Morgan fingerprint density at radius 2 is 2.33 bits per heavy atom. The van der Waals surface area contributed by atoms with E-state index in [4.69, 9.17) is 5.26 Å². The van der Waals surface area contributed by atoms with Gasteiger partial charge in [0, 0.05) is 18.7 Å². The second-order valence-corrected chi connectivity index (χ2v) is 1.54. The third kappa shape index (κ3) is 2.50. The number of amides is 1. The van der Waals surface area contributed by atoms with Crippen LogP contribution in [0.3, 0.4) is 0 Å². The minimum absolute atomic E-state index is 0.212. The summed E-state index contributed by atoms with van der Waals surface area (Å²) < 4.78 is 0. The molecule has 0 aromatic rings. The molecule has 0 aliphatic rings. The maximum absolute atomic E-state index is 10.6. The first kappa shape index (κ1) is 7.70. The molecule has 0 aliphatic heterocycles. The topological polar surface area (TPSA) is 52.9 Å². The number of nitrogens with zero attached hydrogens (tertiary/aromatic N) is 1. The largest absolute Gasteiger partial charge is 0.355 e. The summed E-state index contributed by atoms with van der Waals surface area (Å²) in [5, 5.41) is 10.5. The van der Waals surface area contributed by atoms with Gasteiger partial charge in [-0.25, -0.2) is 0 Å². The normalized spacial score (nSPS) is 10.1. The van der Waals surface area contributed by atoms with Crippen LogP contribution in [0.25, 0.3) is 0 Å². The van der Waals surface area contributed by atoms with Crippen molar-refractivity contribution in [2.24, 2.45) is 0 Å². The van der Waals surface area contributed by atoms with Crippen molar-refractivity contribution in [3.8, 4) is 6.07 Å². The Balaban J connectivity index is 4.07. The second kappa shape index (κ2) is 3.67. The first-order valence-electron chi connectivity index (χ1n) is 2.51. The van der Waals surface area contributed by atoms with Crippen LogP contribution in [-0.2, 0) is 4.79 Å². The molecule has 0 aliphatic carbocycles. The molecule has 1 N–H and O–H groups in total. The zero-order chi connectivity index (χ0) is 7.28. The van der Waals surface area contributed by atoms with Gasteiger partial charge in [-0.3, -0.25) is 4.79 Å². The Morgan fingerprint density at radius 1 is 1.78 bits per heavy atom. The quantitative estimate of drug-likeness (QED) is 0.401. The molecule has 0 radical (unpaired) electrons. The molecular formula is C6H8N2O. The Labute approximate surface area is 54.0 Å². The van der Waals surface area contributed by atoms with E-state index in [1.165, 1.54) is 13.1 Å². The van der Waals surface area contributed by atoms with Crippen molar-refractivity contribution in [2.75, 3.05) is 7.05 Å². The molecule has 0 saturated carbocycles. The molecule has 0 unspecified atom stereocenters. The number of carbonyl (C=O) groups is 1. The van der Waals surface area contributed by atoms with Crippen molar-refractivity contribution in [3.63, 3.8) is 0 Å². The molecule has 0 saturated heterocycles. The van der Waals surface area contributed by atoms with Gasteiger partial charge in [0.1, 0.15) is 0 Å². The zero-order valence-electron chi connectivity index (χ0n) is 5.43. The van der Waals surface area contributed by atoms with Crippen LogP contribution in [-0.4, -0.2) is 13.0 Å². The van der Waals surface area contributed by atoms with Crippen LogP contribution < -0.4 is 5.32 Å². The summed E-state index contributed by atoms with van der Waals surface area (Å²) in [6.07, 6.45) is 1.21. The Hall–Kier alpha value is -1.30. The molecule has 0 rings (SSSR count). The highest BCUT2D eigenvalue weighted by Crippen LogP contribution is 1.88. The van der Waals surface area contributed by atoms with Gasteiger partial charge >= 0.3 is 0 Å². The lowest BCUT2D eigenvalue weighted by molar-refractivity contribution is -0.116. The van der Waals surface area contributed by atoms with Gasteiger partial charge in [-0.1, -0.05) is 0 Å². The first-order chi connectivity index (χ1) is 4.22. The number of hydrogen-bond donors (Lipinski definition) is 1. The maximum Gasteiger partial charge on any atom is 0.247 e. The number of allylic oxidation sites excluding steroid dienone is 1. The monoisotopic (exact) mass is 124 g/mol. The van der Waals surface area contributed by atoms with Crippen LogP contribution in [0.2, 0.25) is 0 Å². The molecule has 9 heavy (non-hydrogen) atoms. The number of nitrogens with one attached hydrogen (secondary N) is 1. The summed E-state index contributed by atoms with van der Waals surface area (Å²) in [6, 6.07) is 1.76. The average Bonchev–Trinajstić information content (AvgIpc) is 1.87. The molecule has 0 atom stereocenters. The molecule has 0 spiro atoms. The molecular weight excluding hydrogens is 116 g/mol. The Kier molecular flexibility index (Phi) is 3.14. The van der Waals surface area contributed by atoms with E-state index in [1.54, 1.807) is 13.0 Å². The van der Waals surface area contributed by atoms with Crippen molar-refractivity contribution in [1.82, 2.24) is 5.32 Å². The lowest BCUT2D eigenvalue weighted by Crippen LogP contribution is -2.18. The Bertz CT molecular complexity index is 176. The highest BCUT2D eigenvalue weighted by atomic mass is 16.1. The third-order valence-corrected chi connectivity index (χ3v) is 0.866. The fourth-order valence-corrected chi connectivity index (χ4v) is 0.360.